The number of hydrogen-bond acceptors (Lipinski definition) is 2. The van der Waals surface area contributed by atoms with Crippen LogP contribution in [-0.4, -0.2) is 28.5 Å². The number of carboxylic acid groups (broad SMARTS) is 1. The number of nitrogens with one attached hydrogen (secondary N) is 1. The molecule has 0 atom stereocenters. The van der Waals surface area contributed by atoms with Gasteiger partial charge in [0.1, 0.15) is 5.69 Å². The number of carbonyl (C=O) groups is 2. The van der Waals surface area contributed by atoms with Crippen molar-refractivity contribution in [3.05, 3.63) is 18.0 Å². The van der Waals surface area contributed by atoms with Crippen LogP contribution in [0.2, 0.25) is 0 Å². The Kier molecular flexibility index (Phi) is 1.21. The van der Waals surface area contributed by atoms with Crippen LogP contribution in [0.3, 0.4) is 0 Å². The molecule has 0 fully saturated rings. The largest absolute Gasteiger partial charge is 0.465 e. The molecule has 1 aromatic rings. The molecule has 0 bridgehead atoms. The number of ketones is 1. The van der Waals surface area contributed by atoms with Crippen molar-refractivity contribution in [2.24, 2.45) is 0 Å². The average molecular weight is 166 g/mol. The first-order valence-electron chi connectivity index (χ1n) is 3.41. The van der Waals surface area contributed by atoms with Gasteiger partial charge < -0.3 is 10.1 Å². The van der Waals surface area contributed by atoms with Gasteiger partial charge in [0.15, 0.2) is 0 Å². The van der Waals surface area contributed by atoms with Crippen LogP contribution in [0.25, 0.3) is 0 Å². The van der Waals surface area contributed by atoms with Gasteiger partial charge in [0, 0.05) is 6.20 Å². The van der Waals surface area contributed by atoms with E-state index in [9.17, 15) is 9.59 Å². The Morgan fingerprint density at radius 1 is 1.67 bits per heavy atom. The Bertz CT molecular complexity index is 355. The number of rotatable bonds is 0. The van der Waals surface area contributed by atoms with Crippen LogP contribution in [0.4, 0.5) is 10.5 Å². The smallest absolute Gasteiger partial charge is 0.412 e. The standard InChI is InChI=1S/C7H6N2O3/c10-5-3-9(7(11)12)4-1-2-8-6(4)5/h1-2,8H,3H2,(H,11,12). The van der Waals surface area contributed by atoms with Crippen LogP contribution >= 0.6 is 0 Å². The van der Waals surface area contributed by atoms with Crippen molar-refractivity contribution in [3.8, 4) is 0 Å². The predicted octanol–water partition coefficient (Wildman–Crippen LogP) is 0.695. The van der Waals surface area contributed by atoms with Crippen molar-refractivity contribution in [3.63, 3.8) is 0 Å². The molecule has 5 nitrogen and oxygen atoms in total. The lowest BCUT2D eigenvalue weighted by atomic mass is 10.3. The van der Waals surface area contributed by atoms with Crippen molar-refractivity contribution >= 4 is 17.6 Å². The van der Waals surface area contributed by atoms with Gasteiger partial charge in [-0.3, -0.25) is 9.69 Å². The number of Topliss-reactive ketones (excluding diaryl/α,β-unsaturated/α-hetero) is 1. The van der Waals surface area contributed by atoms with Crippen LogP contribution in [0.1, 0.15) is 10.5 Å². The van der Waals surface area contributed by atoms with Crippen molar-refractivity contribution in [1.82, 2.24) is 4.98 Å². The molecule has 0 radical (unpaired) electrons. The van der Waals surface area contributed by atoms with Gasteiger partial charge in [0.2, 0.25) is 5.78 Å². The normalized spacial score (nSPS) is 15.0. The maximum atomic E-state index is 11.1. The number of carbonyl (C=O) groups excluding carboxylic acids is 1. The summed E-state index contributed by atoms with van der Waals surface area (Å²) in [6, 6.07) is 1.58. The highest BCUT2D eigenvalue weighted by atomic mass is 16.4. The number of H-pyrrole nitrogens is 1. The van der Waals surface area contributed by atoms with Crippen LogP contribution in [0, 0.1) is 0 Å². The molecular weight excluding hydrogens is 160 g/mol. The molecule has 62 valence electrons. The number of aromatic amines is 1. The van der Waals surface area contributed by atoms with E-state index in [0.717, 1.165) is 4.90 Å². The molecule has 0 aromatic carbocycles. The summed E-state index contributed by atoms with van der Waals surface area (Å²) in [5, 5.41) is 8.66. The summed E-state index contributed by atoms with van der Waals surface area (Å²) < 4.78 is 0. The molecule has 0 unspecified atom stereocenters. The zero-order valence-electron chi connectivity index (χ0n) is 6.07. The maximum Gasteiger partial charge on any atom is 0.412 e. The van der Waals surface area contributed by atoms with Gasteiger partial charge in [0.05, 0.1) is 12.2 Å². The van der Waals surface area contributed by atoms with Crippen molar-refractivity contribution in [2.75, 3.05) is 11.4 Å². The van der Waals surface area contributed by atoms with E-state index in [1.54, 1.807) is 12.3 Å². The van der Waals surface area contributed by atoms with E-state index < -0.39 is 6.09 Å². The molecule has 1 aromatic heterocycles. The molecule has 0 saturated carbocycles. The second-order valence-electron chi connectivity index (χ2n) is 2.53. The van der Waals surface area contributed by atoms with E-state index in [4.69, 9.17) is 5.11 Å². The zero-order chi connectivity index (χ0) is 8.72. The first-order valence-corrected chi connectivity index (χ1v) is 3.41. The summed E-state index contributed by atoms with van der Waals surface area (Å²) in [6.45, 7) is -0.0721. The Balaban J connectivity index is 2.48. The van der Waals surface area contributed by atoms with E-state index in [-0.39, 0.29) is 12.3 Å². The average Bonchev–Trinajstić information content (AvgIpc) is 2.53. The fourth-order valence-electron chi connectivity index (χ4n) is 1.29. The number of aromatic nitrogens is 1. The SMILES string of the molecule is O=C1CN(C(=O)O)c2cc[nH]c21. The molecule has 2 N–H and O–H groups in total. The summed E-state index contributed by atoms with van der Waals surface area (Å²) in [4.78, 5) is 25.4. The molecular formula is C7H6N2O3. The third kappa shape index (κ3) is 0.730. The third-order valence-electron chi connectivity index (χ3n) is 1.83. The highest BCUT2D eigenvalue weighted by Crippen LogP contribution is 2.26. The van der Waals surface area contributed by atoms with Crippen molar-refractivity contribution in [1.29, 1.82) is 0 Å². The number of hydrogen-bond donors (Lipinski definition) is 2. The van der Waals surface area contributed by atoms with Gasteiger partial charge in [-0.25, -0.2) is 4.79 Å². The van der Waals surface area contributed by atoms with E-state index in [1.165, 1.54) is 0 Å². The molecule has 0 saturated heterocycles. The Hall–Kier alpha value is -1.78. The van der Waals surface area contributed by atoms with Gasteiger partial charge in [0.25, 0.3) is 0 Å². The second-order valence-corrected chi connectivity index (χ2v) is 2.53. The molecule has 12 heavy (non-hydrogen) atoms. The third-order valence-corrected chi connectivity index (χ3v) is 1.83. The highest BCUT2D eigenvalue weighted by molar-refractivity contribution is 6.12. The maximum absolute atomic E-state index is 11.1. The van der Waals surface area contributed by atoms with E-state index >= 15 is 0 Å². The number of nitrogens with zero attached hydrogens (tertiary/aromatic N) is 1. The van der Waals surface area contributed by atoms with Gasteiger partial charge >= 0.3 is 6.09 Å². The summed E-state index contributed by atoms with van der Waals surface area (Å²) in [7, 11) is 0. The molecule has 2 heterocycles. The lowest BCUT2D eigenvalue weighted by Gasteiger charge is -2.08. The van der Waals surface area contributed by atoms with Crippen LogP contribution in [-0.2, 0) is 0 Å². The van der Waals surface area contributed by atoms with Crippen LogP contribution in [0.5, 0.6) is 0 Å². The lowest BCUT2D eigenvalue weighted by Crippen LogP contribution is -2.28. The summed E-state index contributed by atoms with van der Waals surface area (Å²) in [6.07, 6.45) is 0.458. The minimum absolute atomic E-state index is 0.0721. The quantitative estimate of drug-likeness (QED) is 0.595. The van der Waals surface area contributed by atoms with E-state index in [0.29, 0.717) is 11.4 Å². The molecule has 1 aliphatic rings. The summed E-state index contributed by atoms with van der Waals surface area (Å²) in [5.74, 6) is -0.183. The van der Waals surface area contributed by atoms with Gasteiger partial charge in [-0.2, -0.15) is 0 Å². The second kappa shape index (κ2) is 2.10. The molecule has 1 aliphatic heterocycles. The van der Waals surface area contributed by atoms with Gasteiger partial charge in [-0.1, -0.05) is 0 Å². The number of fused-ring (bicyclic) bond motifs is 1. The van der Waals surface area contributed by atoms with Crippen molar-refractivity contribution in [2.45, 2.75) is 0 Å². The van der Waals surface area contributed by atoms with E-state index in [2.05, 4.69) is 4.98 Å². The van der Waals surface area contributed by atoms with Crippen LogP contribution < -0.4 is 4.90 Å². The van der Waals surface area contributed by atoms with Crippen molar-refractivity contribution < 1.29 is 14.7 Å². The van der Waals surface area contributed by atoms with E-state index in [1.807, 2.05) is 0 Å². The lowest BCUT2D eigenvalue weighted by molar-refractivity contribution is 0.100. The number of anilines is 1. The monoisotopic (exact) mass is 166 g/mol. The Morgan fingerprint density at radius 3 is 3.08 bits per heavy atom. The Morgan fingerprint density at radius 2 is 2.42 bits per heavy atom. The first-order chi connectivity index (χ1) is 5.70. The molecule has 0 aliphatic carbocycles. The number of amides is 1. The first kappa shape index (κ1) is 6.90. The molecule has 5 heteroatoms. The minimum atomic E-state index is -1.10. The zero-order valence-corrected chi connectivity index (χ0v) is 6.07. The molecule has 0 spiro atoms. The Labute approximate surface area is 67.6 Å². The van der Waals surface area contributed by atoms with Gasteiger partial charge in [-0.05, 0) is 6.07 Å². The molecule has 1 amide bonds. The van der Waals surface area contributed by atoms with Crippen LogP contribution in [0.15, 0.2) is 12.3 Å². The topological polar surface area (TPSA) is 73.4 Å². The minimum Gasteiger partial charge on any atom is -0.465 e. The van der Waals surface area contributed by atoms with Gasteiger partial charge in [-0.15, -0.1) is 0 Å². The highest BCUT2D eigenvalue weighted by Gasteiger charge is 2.31. The molecule has 2 rings (SSSR count). The fraction of sp³-hybridized carbons (Fsp3) is 0.143. The predicted molar refractivity (Wildman–Crippen MR) is 40.5 cm³/mol. The summed E-state index contributed by atoms with van der Waals surface area (Å²) >= 11 is 0. The summed E-state index contributed by atoms with van der Waals surface area (Å²) in [5.41, 5.74) is 0.838. The fourth-order valence-corrected chi connectivity index (χ4v) is 1.29.